The number of likely N-dealkylation sites (tertiary alicyclic amines) is 1. The molecule has 3 N–H and O–H groups in total. The van der Waals surface area contributed by atoms with Gasteiger partial charge >= 0.3 is 18.0 Å². The number of aliphatic hydroxyl groups excluding tert-OH is 1. The summed E-state index contributed by atoms with van der Waals surface area (Å²) in [5, 5.41) is 22.0. The van der Waals surface area contributed by atoms with Crippen LogP contribution in [0.2, 0.25) is 0 Å². The van der Waals surface area contributed by atoms with Gasteiger partial charge in [-0.05, 0) is 26.7 Å². The average molecular weight is 416 g/mol. The van der Waals surface area contributed by atoms with Crippen molar-refractivity contribution in [2.75, 3.05) is 6.54 Å². The van der Waals surface area contributed by atoms with Crippen molar-refractivity contribution in [3.8, 4) is 0 Å². The highest BCUT2D eigenvalue weighted by atomic mass is 16.6. The van der Waals surface area contributed by atoms with Crippen LogP contribution < -0.4 is 5.32 Å². The van der Waals surface area contributed by atoms with Crippen LogP contribution in [-0.4, -0.2) is 75.5 Å². The number of esters is 1. The number of aliphatic hydroxyl groups is 1. The number of ether oxygens (including phenoxy) is 2. The minimum atomic E-state index is -1.43. The highest BCUT2D eigenvalue weighted by Gasteiger charge is 2.46. The van der Waals surface area contributed by atoms with Crippen molar-refractivity contribution < 1.29 is 38.9 Å². The maximum Gasteiger partial charge on any atom is 0.408 e. The summed E-state index contributed by atoms with van der Waals surface area (Å²) in [7, 11) is 0. The molecule has 0 bridgehead atoms. The zero-order valence-corrected chi connectivity index (χ0v) is 17.8. The molecule has 1 rings (SSSR count). The number of carboxylic acid groups (broad SMARTS) is 1. The van der Waals surface area contributed by atoms with Crippen LogP contribution in [0, 0.1) is 5.92 Å². The van der Waals surface area contributed by atoms with Gasteiger partial charge in [0.2, 0.25) is 5.91 Å². The van der Waals surface area contributed by atoms with Gasteiger partial charge in [0.05, 0.1) is 18.6 Å². The zero-order valence-electron chi connectivity index (χ0n) is 17.8. The Bertz CT molecular complexity index is 628. The summed E-state index contributed by atoms with van der Waals surface area (Å²) >= 11 is 0. The van der Waals surface area contributed by atoms with Gasteiger partial charge in [0.1, 0.15) is 17.7 Å². The molecule has 4 unspecified atom stereocenters. The molecule has 1 saturated heterocycles. The molecule has 0 saturated carbocycles. The number of aliphatic carboxylic acids is 1. The van der Waals surface area contributed by atoms with Gasteiger partial charge in [0.25, 0.3) is 0 Å². The molecule has 1 fully saturated rings. The molecule has 0 aromatic rings. The lowest BCUT2D eigenvalue weighted by atomic mass is 9.99. The fourth-order valence-corrected chi connectivity index (χ4v) is 3.27. The van der Waals surface area contributed by atoms with Gasteiger partial charge in [-0.1, -0.05) is 13.8 Å². The van der Waals surface area contributed by atoms with Crippen molar-refractivity contribution in [1.82, 2.24) is 10.2 Å². The lowest BCUT2D eigenvalue weighted by Gasteiger charge is -2.34. The summed E-state index contributed by atoms with van der Waals surface area (Å²) < 4.78 is 10.4. The molecule has 166 valence electrons. The molecule has 0 aromatic heterocycles. The van der Waals surface area contributed by atoms with Gasteiger partial charge < -0.3 is 29.9 Å². The minimum absolute atomic E-state index is 0.150. The highest BCUT2D eigenvalue weighted by molar-refractivity contribution is 5.86. The molecule has 1 aliphatic heterocycles. The van der Waals surface area contributed by atoms with Crippen molar-refractivity contribution in [1.29, 1.82) is 0 Å². The highest BCUT2D eigenvalue weighted by Crippen LogP contribution is 2.27. The summed E-state index contributed by atoms with van der Waals surface area (Å²) in [5.41, 5.74) is -0.747. The Morgan fingerprint density at radius 3 is 2.24 bits per heavy atom. The molecule has 0 radical (unpaired) electrons. The van der Waals surface area contributed by atoms with Crippen LogP contribution in [0.1, 0.15) is 54.4 Å². The van der Waals surface area contributed by atoms with Crippen LogP contribution in [0.3, 0.4) is 0 Å². The van der Waals surface area contributed by atoms with Crippen molar-refractivity contribution in [2.24, 2.45) is 5.92 Å². The molecule has 10 heteroatoms. The van der Waals surface area contributed by atoms with Crippen molar-refractivity contribution in [3.63, 3.8) is 0 Å². The molecule has 1 heterocycles. The Kier molecular flexibility index (Phi) is 8.43. The lowest BCUT2D eigenvalue weighted by Crippen LogP contribution is -2.57. The van der Waals surface area contributed by atoms with Crippen LogP contribution in [0.5, 0.6) is 0 Å². The summed E-state index contributed by atoms with van der Waals surface area (Å²) in [6.45, 7) is 9.91. The van der Waals surface area contributed by atoms with Crippen LogP contribution in [0.4, 0.5) is 4.79 Å². The third kappa shape index (κ3) is 7.52. The largest absolute Gasteiger partial charge is 0.481 e. The summed E-state index contributed by atoms with van der Waals surface area (Å²) in [4.78, 5) is 49.1. The molecule has 0 aliphatic carbocycles. The van der Waals surface area contributed by atoms with Crippen molar-refractivity contribution >= 4 is 23.9 Å². The number of carboxylic acids is 1. The number of rotatable bonds is 7. The predicted molar refractivity (Wildman–Crippen MR) is 102 cm³/mol. The quantitative estimate of drug-likeness (QED) is 0.520. The van der Waals surface area contributed by atoms with E-state index in [4.69, 9.17) is 14.6 Å². The normalized spacial score (nSPS) is 21.4. The summed E-state index contributed by atoms with van der Waals surface area (Å²) in [6.07, 6.45) is -3.39. The number of nitrogens with one attached hydrogen (secondary N) is 1. The van der Waals surface area contributed by atoms with Gasteiger partial charge in [-0.2, -0.15) is 0 Å². The number of amides is 2. The molecule has 4 atom stereocenters. The third-order valence-electron chi connectivity index (χ3n) is 4.38. The first-order chi connectivity index (χ1) is 13.2. The second kappa shape index (κ2) is 9.91. The topological polar surface area (TPSA) is 142 Å². The SMILES string of the molecule is CC(=O)OC1CCN(C(=O)C(NC(=O)OC(C)(C)C)C(C)C)C1C(O)CC(=O)O. The molecule has 2 amide bonds. The number of hydrogen-bond donors (Lipinski definition) is 3. The average Bonchev–Trinajstić information content (AvgIpc) is 2.92. The number of carbonyl (C=O) groups excluding carboxylic acids is 3. The van der Waals surface area contributed by atoms with Gasteiger partial charge in [-0.3, -0.25) is 14.4 Å². The van der Waals surface area contributed by atoms with Gasteiger partial charge in [-0.25, -0.2) is 4.79 Å². The minimum Gasteiger partial charge on any atom is -0.481 e. The van der Waals surface area contributed by atoms with Crippen LogP contribution in [0.15, 0.2) is 0 Å². The number of alkyl carbamates (subject to hydrolysis) is 1. The van der Waals surface area contributed by atoms with E-state index in [1.165, 1.54) is 11.8 Å². The van der Waals surface area contributed by atoms with Gasteiger partial charge in [-0.15, -0.1) is 0 Å². The first-order valence-electron chi connectivity index (χ1n) is 9.60. The molecule has 10 nitrogen and oxygen atoms in total. The fourth-order valence-electron chi connectivity index (χ4n) is 3.27. The van der Waals surface area contributed by atoms with Gasteiger partial charge in [0, 0.05) is 19.9 Å². The molecular formula is C19H32N2O8. The fraction of sp³-hybridized carbons (Fsp3) is 0.789. The first kappa shape index (κ1) is 24.7. The van der Waals surface area contributed by atoms with Crippen LogP contribution >= 0.6 is 0 Å². The second-order valence-corrected chi connectivity index (χ2v) is 8.49. The molecule has 0 spiro atoms. The van der Waals surface area contributed by atoms with E-state index in [-0.39, 0.29) is 18.9 Å². The summed E-state index contributed by atoms with van der Waals surface area (Å²) in [5.74, 6) is -2.65. The van der Waals surface area contributed by atoms with E-state index < -0.39 is 60.3 Å². The maximum atomic E-state index is 13.2. The van der Waals surface area contributed by atoms with Crippen LogP contribution in [-0.2, 0) is 23.9 Å². The van der Waals surface area contributed by atoms with E-state index in [2.05, 4.69) is 5.32 Å². The Balaban J connectivity index is 3.07. The van der Waals surface area contributed by atoms with Gasteiger partial charge in [0.15, 0.2) is 0 Å². The maximum absolute atomic E-state index is 13.2. The van der Waals surface area contributed by atoms with Crippen LogP contribution in [0.25, 0.3) is 0 Å². The zero-order chi connectivity index (χ0) is 22.5. The van der Waals surface area contributed by atoms with E-state index in [1.54, 1.807) is 34.6 Å². The van der Waals surface area contributed by atoms with Crippen molar-refractivity contribution in [2.45, 2.75) is 84.3 Å². The number of hydrogen-bond acceptors (Lipinski definition) is 7. The summed E-state index contributed by atoms with van der Waals surface area (Å²) in [6, 6.07) is -1.98. The Hall–Kier alpha value is -2.36. The van der Waals surface area contributed by atoms with E-state index in [1.807, 2.05) is 0 Å². The van der Waals surface area contributed by atoms with E-state index in [0.29, 0.717) is 0 Å². The van der Waals surface area contributed by atoms with E-state index in [0.717, 1.165) is 0 Å². The predicted octanol–water partition coefficient (Wildman–Crippen LogP) is 0.904. The Morgan fingerprint density at radius 1 is 1.21 bits per heavy atom. The number of carbonyl (C=O) groups is 4. The molecule has 0 aromatic carbocycles. The Labute approximate surface area is 170 Å². The van der Waals surface area contributed by atoms with Crippen molar-refractivity contribution in [3.05, 3.63) is 0 Å². The molecule has 29 heavy (non-hydrogen) atoms. The number of nitrogens with zero attached hydrogens (tertiary/aromatic N) is 1. The second-order valence-electron chi connectivity index (χ2n) is 8.49. The monoisotopic (exact) mass is 416 g/mol. The third-order valence-corrected chi connectivity index (χ3v) is 4.38. The molecular weight excluding hydrogens is 384 g/mol. The van der Waals surface area contributed by atoms with E-state index in [9.17, 15) is 24.3 Å². The Morgan fingerprint density at radius 2 is 1.79 bits per heavy atom. The smallest absolute Gasteiger partial charge is 0.408 e. The van der Waals surface area contributed by atoms with E-state index >= 15 is 0 Å². The first-order valence-corrected chi connectivity index (χ1v) is 9.60. The molecule has 1 aliphatic rings. The lowest BCUT2D eigenvalue weighted by molar-refractivity contribution is -0.154. The standard InChI is InChI=1S/C19H32N2O8/c1-10(2)15(20-18(27)29-19(4,5)6)17(26)21-8-7-13(28-11(3)22)16(21)12(23)9-14(24)25/h10,12-13,15-16,23H,7-9H2,1-6H3,(H,20,27)(H,24,25).